The first-order valence-corrected chi connectivity index (χ1v) is 4.15. The molecule has 0 heteroatoms. The smallest absolute Gasteiger partial charge is 0.00506 e. The molecule has 0 heterocycles. The van der Waals surface area contributed by atoms with Crippen LogP contribution in [-0.2, 0) is 0 Å². The van der Waals surface area contributed by atoms with Crippen molar-refractivity contribution in [3.8, 4) is 0 Å². The predicted molar refractivity (Wildman–Crippen MR) is 54.6 cm³/mol. The summed E-state index contributed by atoms with van der Waals surface area (Å²) in [4.78, 5) is 0. The molecule has 0 saturated carbocycles. The first kappa shape index (κ1) is 8.79. The summed E-state index contributed by atoms with van der Waals surface area (Å²) >= 11 is 0. The number of hydrogen-bond donors (Lipinski definition) is 0. The van der Waals surface area contributed by atoms with Gasteiger partial charge in [0.15, 0.2) is 0 Å². The highest BCUT2D eigenvalue weighted by atomic mass is 13.8. The zero-order chi connectivity index (χ0) is 8.49. The molecule has 1 aliphatic carbocycles. The first-order valence-electron chi connectivity index (χ1n) is 4.15. The van der Waals surface area contributed by atoms with Crippen LogP contribution < -0.4 is 0 Å². The molecular weight excluding hydrogens is 144 g/mol. The molecule has 0 saturated heterocycles. The minimum atomic E-state index is 0.998. The summed E-state index contributed by atoms with van der Waals surface area (Å²) in [6.07, 6.45) is 23.5. The van der Waals surface area contributed by atoms with Gasteiger partial charge in [-0.2, -0.15) is 0 Å². The van der Waals surface area contributed by atoms with Gasteiger partial charge in [-0.3, -0.25) is 0 Å². The number of hydrogen-bond acceptors (Lipinski definition) is 0. The molecule has 0 aromatic rings. The molecule has 12 heavy (non-hydrogen) atoms. The Morgan fingerprint density at radius 2 is 1.00 bits per heavy atom. The Labute approximate surface area is 74.3 Å². The molecule has 0 N–H and O–H groups in total. The second-order valence-corrected chi connectivity index (χ2v) is 2.44. The molecule has 0 aromatic heterocycles. The van der Waals surface area contributed by atoms with Gasteiger partial charge in [0.25, 0.3) is 0 Å². The molecule has 1 rings (SSSR count). The molecule has 0 nitrogen and oxygen atoms in total. The van der Waals surface area contributed by atoms with Gasteiger partial charge in [-0.15, -0.1) is 0 Å². The quantitative estimate of drug-likeness (QED) is 0.505. The minimum Gasteiger partial charge on any atom is -0.0808 e. The van der Waals surface area contributed by atoms with Crippen molar-refractivity contribution in [3.63, 3.8) is 0 Å². The summed E-state index contributed by atoms with van der Waals surface area (Å²) < 4.78 is 0. The molecule has 0 aromatic carbocycles. The van der Waals surface area contributed by atoms with E-state index in [2.05, 4.69) is 24.3 Å². The standard InChI is InChI=1S/C12H13/c1-2-4-6-8-10-12-11-9-7-5-3-1/h1-11H,12H2/b2-1+,6-4-,7-5-,10-8+,11-9+. The van der Waals surface area contributed by atoms with Gasteiger partial charge in [-0.25, -0.2) is 0 Å². The molecule has 0 spiro atoms. The molecule has 0 unspecified atom stereocenters. The number of allylic oxidation sites excluding steroid dienone is 10. The van der Waals surface area contributed by atoms with E-state index < -0.39 is 0 Å². The summed E-state index contributed by atoms with van der Waals surface area (Å²) in [5.74, 6) is 0. The second-order valence-electron chi connectivity index (χ2n) is 2.44. The van der Waals surface area contributed by atoms with E-state index in [-0.39, 0.29) is 0 Å². The molecule has 0 aliphatic heterocycles. The first-order chi connectivity index (χ1) is 6.00. The minimum absolute atomic E-state index is 0.998. The van der Waals surface area contributed by atoms with Crippen LogP contribution in [0.3, 0.4) is 0 Å². The van der Waals surface area contributed by atoms with E-state index >= 15 is 0 Å². The van der Waals surface area contributed by atoms with Crippen LogP contribution in [0.1, 0.15) is 6.42 Å². The summed E-state index contributed by atoms with van der Waals surface area (Å²) in [7, 11) is 0. The fourth-order valence-electron chi connectivity index (χ4n) is 0.842. The van der Waals surface area contributed by atoms with Crippen molar-refractivity contribution < 1.29 is 0 Å². The third kappa shape index (κ3) is 4.51. The Balaban J connectivity index is 2.55. The highest BCUT2D eigenvalue weighted by Gasteiger charge is 1.72. The third-order valence-electron chi connectivity index (χ3n) is 1.43. The summed E-state index contributed by atoms with van der Waals surface area (Å²) in [5.41, 5.74) is 0. The van der Waals surface area contributed by atoms with Crippen LogP contribution in [0.25, 0.3) is 0 Å². The van der Waals surface area contributed by atoms with Gasteiger partial charge in [0.1, 0.15) is 0 Å². The summed E-state index contributed by atoms with van der Waals surface area (Å²) in [6, 6.07) is 0. The topological polar surface area (TPSA) is 0 Å². The average molecular weight is 157 g/mol. The summed E-state index contributed by atoms with van der Waals surface area (Å²) in [6.45, 7) is 0. The SMILES string of the molecule is [CH]1/C=C\C=C\C/C=C/C=C\C=C\1. The van der Waals surface area contributed by atoms with Crippen molar-refractivity contribution in [2.75, 3.05) is 0 Å². The molecule has 0 amide bonds. The van der Waals surface area contributed by atoms with E-state index in [9.17, 15) is 0 Å². The van der Waals surface area contributed by atoms with Gasteiger partial charge in [-0.1, -0.05) is 60.8 Å². The molecule has 61 valence electrons. The second kappa shape index (κ2) is 6.41. The van der Waals surface area contributed by atoms with E-state index in [0.717, 1.165) is 6.42 Å². The molecule has 1 radical (unpaired) electrons. The zero-order valence-electron chi connectivity index (χ0n) is 7.06. The largest absolute Gasteiger partial charge is 0.0808 e. The Bertz CT molecular complexity index is 211. The van der Waals surface area contributed by atoms with E-state index in [1.807, 2.05) is 42.9 Å². The maximum Gasteiger partial charge on any atom is 0.00506 e. The van der Waals surface area contributed by atoms with Crippen molar-refractivity contribution in [2.45, 2.75) is 6.42 Å². The summed E-state index contributed by atoms with van der Waals surface area (Å²) in [5, 5.41) is 0. The molecule has 0 bridgehead atoms. The van der Waals surface area contributed by atoms with Crippen LogP contribution in [-0.4, -0.2) is 0 Å². The monoisotopic (exact) mass is 157 g/mol. The van der Waals surface area contributed by atoms with Gasteiger partial charge in [-0.05, 0) is 6.42 Å². The van der Waals surface area contributed by atoms with Gasteiger partial charge in [0.2, 0.25) is 0 Å². The van der Waals surface area contributed by atoms with Gasteiger partial charge < -0.3 is 0 Å². The zero-order valence-corrected chi connectivity index (χ0v) is 7.06. The van der Waals surface area contributed by atoms with Crippen LogP contribution in [0.4, 0.5) is 0 Å². The van der Waals surface area contributed by atoms with Gasteiger partial charge in [0.05, 0.1) is 0 Å². The van der Waals surface area contributed by atoms with Crippen LogP contribution in [0.15, 0.2) is 60.8 Å². The Kier molecular flexibility index (Phi) is 4.70. The fraction of sp³-hybridized carbons (Fsp3) is 0.0833. The Morgan fingerprint density at radius 3 is 1.75 bits per heavy atom. The molecular formula is C12H13. The average Bonchev–Trinajstić information content (AvgIpc) is 2.05. The predicted octanol–water partition coefficient (Wildman–Crippen LogP) is 3.38. The lowest BCUT2D eigenvalue weighted by atomic mass is 10.2. The van der Waals surface area contributed by atoms with E-state index in [4.69, 9.17) is 0 Å². The molecule has 0 atom stereocenters. The Hall–Kier alpha value is -1.30. The highest BCUT2D eigenvalue weighted by molar-refractivity contribution is 5.20. The lowest BCUT2D eigenvalue weighted by Crippen LogP contribution is -1.62. The van der Waals surface area contributed by atoms with Gasteiger partial charge in [0, 0.05) is 6.42 Å². The van der Waals surface area contributed by atoms with Crippen molar-refractivity contribution in [1.82, 2.24) is 0 Å². The van der Waals surface area contributed by atoms with Crippen LogP contribution >= 0.6 is 0 Å². The lowest BCUT2D eigenvalue weighted by Gasteiger charge is -1.82. The normalized spacial score (nSPS) is 30.7. The highest BCUT2D eigenvalue weighted by Crippen LogP contribution is 1.92. The van der Waals surface area contributed by atoms with Crippen molar-refractivity contribution in [3.05, 3.63) is 67.2 Å². The molecule has 1 aliphatic rings. The van der Waals surface area contributed by atoms with Crippen molar-refractivity contribution >= 4 is 0 Å². The maximum atomic E-state index is 2.12. The fourth-order valence-corrected chi connectivity index (χ4v) is 0.842. The van der Waals surface area contributed by atoms with Crippen LogP contribution in [0.2, 0.25) is 0 Å². The van der Waals surface area contributed by atoms with Gasteiger partial charge >= 0.3 is 0 Å². The van der Waals surface area contributed by atoms with E-state index in [0.29, 0.717) is 0 Å². The van der Waals surface area contributed by atoms with E-state index in [1.54, 1.807) is 0 Å². The van der Waals surface area contributed by atoms with Crippen LogP contribution in [0, 0.1) is 6.42 Å². The van der Waals surface area contributed by atoms with E-state index in [1.165, 1.54) is 0 Å². The maximum absolute atomic E-state index is 2.12. The lowest BCUT2D eigenvalue weighted by molar-refractivity contribution is 1.39. The number of rotatable bonds is 0. The third-order valence-corrected chi connectivity index (χ3v) is 1.43. The van der Waals surface area contributed by atoms with Crippen LogP contribution in [0.5, 0.6) is 0 Å². The molecule has 0 fully saturated rings. The van der Waals surface area contributed by atoms with Crippen molar-refractivity contribution in [1.29, 1.82) is 0 Å². The van der Waals surface area contributed by atoms with Crippen molar-refractivity contribution in [2.24, 2.45) is 0 Å². The Morgan fingerprint density at radius 1 is 0.500 bits per heavy atom.